The SMILES string of the molecule is COCC(CCCN)Nc1cccc(-n2ccnc2)c1. The van der Waals surface area contributed by atoms with Gasteiger partial charge in [0.1, 0.15) is 0 Å². The molecular formula is C15H22N4O. The van der Waals surface area contributed by atoms with E-state index in [4.69, 9.17) is 10.5 Å². The van der Waals surface area contributed by atoms with Crippen LogP contribution in [0.15, 0.2) is 43.0 Å². The van der Waals surface area contributed by atoms with Gasteiger partial charge in [0.2, 0.25) is 0 Å². The fourth-order valence-corrected chi connectivity index (χ4v) is 2.17. The van der Waals surface area contributed by atoms with Crippen LogP contribution >= 0.6 is 0 Å². The van der Waals surface area contributed by atoms with Gasteiger partial charge in [0.15, 0.2) is 0 Å². The van der Waals surface area contributed by atoms with Crippen LogP contribution in [0.5, 0.6) is 0 Å². The van der Waals surface area contributed by atoms with E-state index in [-0.39, 0.29) is 6.04 Å². The van der Waals surface area contributed by atoms with E-state index < -0.39 is 0 Å². The number of nitrogens with one attached hydrogen (secondary N) is 1. The first kappa shape index (κ1) is 14.6. The van der Waals surface area contributed by atoms with E-state index in [1.165, 1.54) is 0 Å². The number of hydrogen-bond acceptors (Lipinski definition) is 4. The minimum atomic E-state index is 0.279. The van der Waals surface area contributed by atoms with Gasteiger partial charge in [-0.3, -0.25) is 0 Å². The van der Waals surface area contributed by atoms with Crippen molar-refractivity contribution >= 4 is 5.69 Å². The van der Waals surface area contributed by atoms with E-state index in [1.807, 2.05) is 16.8 Å². The highest BCUT2D eigenvalue weighted by Gasteiger charge is 2.08. The molecule has 0 bridgehead atoms. The molecule has 1 unspecified atom stereocenters. The van der Waals surface area contributed by atoms with Crippen LogP contribution in [0.2, 0.25) is 0 Å². The van der Waals surface area contributed by atoms with E-state index >= 15 is 0 Å². The van der Waals surface area contributed by atoms with Gasteiger partial charge in [0.25, 0.3) is 0 Å². The fraction of sp³-hybridized carbons (Fsp3) is 0.400. The van der Waals surface area contributed by atoms with Crippen LogP contribution in [-0.2, 0) is 4.74 Å². The molecule has 0 saturated carbocycles. The summed E-state index contributed by atoms with van der Waals surface area (Å²) in [7, 11) is 1.72. The van der Waals surface area contributed by atoms with Gasteiger partial charge in [-0.2, -0.15) is 0 Å². The second kappa shape index (κ2) is 7.67. The number of ether oxygens (including phenoxy) is 1. The third kappa shape index (κ3) is 4.08. The molecule has 20 heavy (non-hydrogen) atoms. The predicted molar refractivity (Wildman–Crippen MR) is 81.1 cm³/mol. The summed E-state index contributed by atoms with van der Waals surface area (Å²) in [4.78, 5) is 4.07. The van der Waals surface area contributed by atoms with Gasteiger partial charge in [-0.15, -0.1) is 0 Å². The molecule has 3 N–H and O–H groups in total. The van der Waals surface area contributed by atoms with Crippen LogP contribution in [0, 0.1) is 0 Å². The van der Waals surface area contributed by atoms with Gasteiger partial charge in [0.05, 0.1) is 12.9 Å². The van der Waals surface area contributed by atoms with Gasteiger partial charge in [-0.25, -0.2) is 4.98 Å². The third-order valence-electron chi connectivity index (χ3n) is 3.14. The normalized spacial score (nSPS) is 12.3. The first-order chi connectivity index (χ1) is 9.83. The standard InChI is InChI=1S/C15H22N4O/c1-20-11-14(5-3-7-16)18-13-4-2-6-15(10-13)19-9-8-17-12-19/h2,4,6,8-10,12,14,18H,3,5,7,11,16H2,1H3. The average molecular weight is 274 g/mol. The smallest absolute Gasteiger partial charge is 0.0991 e. The van der Waals surface area contributed by atoms with Gasteiger partial charge < -0.3 is 20.4 Å². The summed E-state index contributed by atoms with van der Waals surface area (Å²) in [5.74, 6) is 0. The lowest BCUT2D eigenvalue weighted by Gasteiger charge is -2.19. The lowest BCUT2D eigenvalue weighted by Crippen LogP contribution is -2.25. The van der Waals surface area contributed by atoms with Crippen molar-refractivity contribution in [1.82, 2.24) is 9.55 Å². The van der Waals surface area contributed by atoms with Gasteiger partial charge >= 0.3 is 0 Å². The molecule has 2 aromatic rings. The van der Waals surface area contributed by atoms with Crippen molar-refractivity contribution in [3.8, 4) is 5.69 Å². The Balaban J connectivity index is 2.05. The van der Waals surface area contributed by atoms with Crippen molar-refractivity contribution in [2.75, 3.05) is 25.6 Å². The second-order valence-electron chi connectivity index (χ2n) is 4.75. The molecule has 108 valence electrons. The highest BCUT2D eigenvalue weighted by atomic mass is 16.5. The summed E-state index contributed by atoms with van der Waals surface area (Å²) in [5.41, 5.74) is 7.74. The van der Waals surface area contributed by atoms with Crippen LogP contribution in [0.3, 0.4) is 0 Å². The van der Waals surface area contributed by atoms with E-state index in [2.05, 4.69) is 28.5 Å². The Kier molecular flexibility index (Phi) is 5.58. The van der Waals surface area contributed by atoms with Crippen molar-refractivity contribution in [3.05, 3.63) is 43.0 Å². The number of nitrogens with two attached hydrogens (primary N) is 1. The van der Waals surface area contributed by atoms with Gasteiger partial charge in [-0.05, 0) is 37.6 Å². The highest BCUT2D eigenvalue weighted by molar-refractivity contribution is 5.51. The van der Waals surface area contributed by atoms with Gasteiger partial charge in [0, 0.05) is 36.9 Å². The van der Waals surface area contributed by atoms with E-state index in [1.54, 1.807) is 19.6 Å². The zero-order valence-corrected chi connectivity index (χ0v) is 11.8. The molecule has 5 nitrogen and oxygen atoms in total. The molecule has 0 spiro atoms. The Bertz CT molecular complexity index is 498. The van der Waals surface area contributed by atoms with Crippen molar-refractivity contribution in [3.63, 3.8) is 0 Å². The molecule has 0 fully saturated rings. The van der Waals surface area contributed by atoms with Crippen LogP contribution < -0.4 is 11.1 Å². The van der Waals surface area contributed by atoms with Crippen molar-refractivity contribution in [2.24, 2.45) is 5.73 Å². The molecule has 0 aliphatic rings. The molecule has 1 aromatic carbocycles. The predicted octanol–water partition coefficient (Wildman–Crippen LogP) is 2.04. The van der Waals surface area contributed by atoms with Crippen LogP contribution in [-0.4, -0.2) is 35.9 Å². The number of imidazole rings is 1. The molecule has 1 aromatic heterocycles. The Labute approximate surface area is 119 Å². The molecule has 0 radical (unpaired) electrons. The summed E-state index contributed by atoms with van der Waals surface area (Å²) in [5, 5.41) is 3.50. The van der Waals surface area contributed by atoms with Crippen LogP contribution in [0.4, 0.5) is 5.69 Å². The van der Waals surface area contributed by atoms with Crippen molar-refractivity contribution < 1.29 is 4.74 Å². The molecule has 0 saturated heterocycles. The maximum atomic E-state index is 5.58. The Morgan fingerprint density at radius 2 is 2.35 bits per heavy atom. The summed E-state index contributed by atoms with van der Waals surface area (Å²) >= 11 is 0. The zero-order valence-electron chi connectivity index (χ0n) is 11.8. The minimum Gasteiger partial charge on any atom is -0.383 e. The van der Waals surface area contributed by atoms with Crippen molar-refractivity contribution in [1.29, 1.82) is 0 Å². The monoisotopic (exact) mass is 274 g/mol. The third-order valence-corrected chi connectivity index (χ3v) is 3.14. The van der Waals surface area contributed by atoms with E-state index in [0.29, 0.717) is 13.2 Å². The maximum absolute atomic E-state index is 5.58. The number of nitrogens with zero attached hydrogens (tertiary/aromatic N) is 2. The first-order valence-corrected chi connectivity index (χ1v) is 6.87. The summed E-state index contributed by atoms with van der Waals surface area (Å²) in [6.07, 6.45) is 7.48. The molecule has 2 rings (SSSR count). The van der Waals surface area contributed by atoms with E-state index in [9.17, 15) is 0 Å². The molecule has 1 heterocycles. The lowest BCUT2D eigenvalue weighted by atomic mass is 10.1. The molecule has 5 heteroatoms. The number of anilines is 1. The zero-order chi connectivity index (χ0) is 14.2. The van der Waals surface area contributed by atoms with Crippen molar-refractivity contribution in [2.45, 2.75) is 18.9 Å². The summed E-state index contributed by atoms with van der Waals surface area (Å²) in [6, 6.07) is 8.53. The van der Waals surface area contributed by atoms with E-state index in [0.717, 1.165) is 24.2 Å². The largest absolute Gasteiger partial charge is 0.383 e. The highest BCUT2D eigenvalue weighted by Crippen LogP contribution is 2.16. The Morgan fingerprint density at radius 1 is 1.45 bits per heavy atom. The molecule has 0 aliphatic heterocycles. The first-order valence-electron chi connectivity index (χ1n) is 6.87. The molecule has 0 amide bonds. The summed E-state index contributed by atoms with van der Waals surface area (Å²) in [6.45, 7) is 1.38. The van der Waals surface area contributed by atoms with Crippen LogP contribution in [0.1, 0.15) is 12.8 Å². The average Bonchev–Trinajstić information content (AvgIpc) is 2.99. The summed E-state index contributed by atoms with van der Waals surface area (Å²) < 4.78 is 7.24. The number of rotatable bonds is 8. The molecular weight excluding hydrogens is 252 g/mol. The van der Waals surface area contributed by atoms with Crippen LogP contribution in [0.25, 0.3) is 5.69 Å². The quantitative estimate of drug-likeness (QED) is 0.773. The molecule has 1 atom stereocenters. The number of aromatic nitrogens is 2. The second-order valence-corrected chi connectivity index (χ2v) is 4.75. The lowest BCUT2D eigenvalue weighted by molar-refractivity contribution is 0.182. The Hall–Kier alpha value is -1.85. The maximum Gasteiger partial charge on any atom is 0.0991 e. The number of benzene rings is 1. The Morgan fingerprint density at radius 3 is 3.05 bits per heavy atom. The fourth-order valence-electron chi connectivity index (χ4n) is 2.17. The van der Waals surface area contributed by atoms with Gasteiger partial charge in [-0.1, -0.05) is 6.07 Å². The topological polar surface area (TPSA) is 65.1 Å². The number of hydrogen-bond donors (Lipinski definition) is 2. The number of methoxy groups -OCH3 is 1. The minimum absolute atomic E-state index is 0.279. The molecule has 0 aliphatic carbocycles.